The van der Waals surface area contributed by atoms with Gasteiger partial charge in [0.2, 0.25) is 0 Å². The average molecular weight is 321 g/mol. The number of nitrogens with one attached hydrogen (secondary N) is 2. The van der Waals surface area contributed by atoms with E-state index in [1.54, 1.807) is 0 Å². The predicted molar refractivity (Wildman–Crippen MR) is 70.8 cm³/mol. The second-order valence-corrected chi connectivity index (χ2v) is 4.48. The lowest BCUT2D eigenvalue weighted by atomic mass is 10.1. The van der Waals surface area contributed by atoms with Gasteiger partial charge in [-0.1, -0.05) is 0 Å². The van der Waals surface area contributed by atoms with E-state index < -0.39 is 48.7 Å². The summed E-state index contributed by atoms with van der Waals surface area (Å²) >= 11 is 0. The summed E-state index contributed by atoms with van der Waals surface area (Å²) in [6, 6.07) is -3.91. The minimum atomic E-state index is -1.47. The number of amides is 2. The molecule has 0 fully saturated rings. The first-order chi connectivity index (χ1) is 10.1. The van der Waals surface area contributed by atoms with Crippen LogP contribution in [0.15, 0.2) is 0 Å². The van der Waals surface area contributed by atoms with Crippen LogP contribution < -0.4 is 16.4 Å². The number of carboxylic acid groups (broad SMARTS) is 3. The van der Waals surface area contributed by atoms with Gasteiger partial charge in [-0.15, -0.1) is 0 Å². The Labute approximate surface area is 125 Å². The van der Waals surface area contributed by atoms with Crippen LogP contribution in [0.1, 0.15) is 25.7 Å². The van der Waals surface area contributed by atoms with Crippen LogP contribution in [0, 0.1) is 0 Å². The van der Waals surface area contributed by atoms with E-state index in [0.29, 0.717) is 0 Å². The number of nitrogens with two attached hydrogens (primary N) is 1. The highest BCUT2D eigenvalue weighted by Crippen LogP contribution is 2.01. The summed E-state index contributed by atoms with van der Waals surface area (Å²) in [4.78, 5) is 43.8. The molecule has 0 aromatic heterocycles. The van der Waals surface area contributed by atoms with Crippen molar-refractivity contribution in [2.45, 2.75) is 44.0 Å². The number of carbonyl (C=O) groups is 4. The molecule has 0 aromatic rings. The molecular weight excluding hydrogens is 302 g/mol. The number of urea groups is 1. The van der Waals surface area contributed by atoms with Gasteiger partial charge in [0.1, 0.15) is 18.3 Å². The van der Waals surface area contributed by atoms with Crippen molar-refractivity contribution in [3.05, 3.63) is 0 Å². The quantitative estimate of drug-likeness (QED) is 0.225. The minimum absolute atomic E-state index is 0.0847. The van der Waals surface area contributed by atoms with E-state index in [4.69, 9.17) is 26.2 Å². The summed E-state index contributed by atoms with van der Waals surface area (Å²) in [6.07, 6.45) is -2.31. The highest BCUT2D eigenvalue weighted by molar-refractivity contribution is 5.86. The maximum absolute atomic E-state index is 11.6. The van der Waals surface area contributed by atoms with Gasteiger partial charge in [0, 0.05) is 6.42 Å². The molecule has 0 bridgehead atoms. The number of hydrogen-bond donors (Lipinski definition) is 7. The van der Waals surface area contributed by atoms with Crippen LogP contribution in [-0.4, -0.2) is 62.7 Å². The van der Waals surface area contributed by atoms with Crippen molar-refractivity contribution in [3.63, 3.8) is 0 Å². The fourth-order valence-corrected chi connectivity index (χ4v) is 1.48. The van der Waals surface area contributed by atoms with E-state index in [0.717, 1.165) is 0 Å². The Morgan fingerprint density at radius 1 is 0.864 bits per heavy atom. The summed E-state index contributed by atoms with van der Waals surface area (Å²) < 4.78 is 0. The molecule has 2 amide bonds. The molecule has 22 heavy (non-hydrogen) atoms. The Hall–Kier alpha value is -2.40. The van der Waals surface area contributed by atoms with Crippen LogP contribution in [0.25, 0.3) is 0 Å². The van der Waals surface area contributed by atoms with E-state index in [1.807, 2.05) is 10.6 Å². The molecule has 0 saturated carbocycles. The molecule has 11 heteroatoms. The van der Waals surface area contributed by atoms with Gasteiger partial charge in [-0.2, -0.15) is 0 Å². The van der Waals surface area contributed by atoms with Gasteiger partial charge in [-0.25, -0.2) is 14.4 Å². The lowest BCUT2D eigenvalue weighted by Gasteiger charge is -2.18. The van der Waals surface area contributed by atoms with Crippen molar-refractivity contribution < 1.29 is 39.6 Å². The maximum Gasteiger partial charge on any atom is 0.326 e. The van der Waals surface area contributed by atoms with Crippen molar-refractivity contribution in [1.82, 2.24) is 10.6 Å². The Morgan fingerprint density at radius 2 is 1.32 bits per heavy atom. The van der Waals surface area contributed by atoms with Crippen molar-refractivity contribution in [1.29, 1.82) is 0 Å². The first kappa shape index (κ1) is 19.6. The normalized spacial score (nSPS) is 14.5. The number of carboxylic acids is 3. The SMILES string of the molecule is NC(O)CC[C@H](NC(=O)N[C@@H](CCC(=O)O)C(=O)O)C(=O)O. The van der Waals surface area contributed by atoms with Gasteiger partial charge in [0.05, 0.1) is 0 Å². The van der Waals surface area contributed by atoms with Crippen molar-refractivity contribution >= 4 is 23.9 Å². The standard InChI is InChI=1S/C11H19N3O8/c12-7(15)3-1-5(9(18)19)13-11(22)14-6(10(20)21)2-4-8(16)17/h5-7,15H,1-4,12H2,(H,16,17)(H,18,19)(H,20,21)(H2,13,14,22)/t5-,6-,7?/m0/s1. The second kappa shape index (κ2) is 9.52. The lowest BCUT2D eigenvalue weighted by Crippen LogP contribution is -2.51. The zero-order valence-electron chi connectivity index (χ0n) is 11.6. The maximum atomic E-state index is 11.6. The monoisotopic (exact) mass is 321 g/mol. The third-order valence-corrected chi connectivity index (χ3v) is 2.60. The fourth-order valence-electron chi connectivity index (χ4n) is 1.48. The molecular formula is C11H19N3O8. The number of rotatable bonds is 10. The smallest absolute Gasteiger partial charge is 0.326 e. The zero-order valence-corrected chi connectivity index (χ0v) is 11.6. The van der Waals surface area contributed by atoms with Crippen molar-refractivity contribution in [3.8, 4) is 0 Å². The molecule has 8 N–H and O–H groups in total. The van der Waals surface area contributed by atoms with E-state index in [2.05, 4.69) is 0 Å². The Balaban J connectivity index is 4.54. The molecule has 0 aromatic carbocycles. The third-order valence-electron chi connectivity index (χ3n) is 2.60. The van der Waals surface area contributed by atoms with Gasteiger partial charge in [-0.05, 0) is 19.3 Å². The molecule has 0 aliphatic carbocycles. The highest BCUT2D eigenvalue weighted by atomic mass is 16.4. The van der Waals surface area contributed by atoms with Crippen LogP contribution in [0.5, 0.6) is 0 Å². The largest absolute Gasteiger partial charge is 0.481 e. The van der Waals surface area contributed by atoms with Crippen molar-refractivity contribution in [2.75, 3.05) is 0 Å². The third kappa shape index (κ3) is 8.71. The number of aliphatic hydroxyl groups excluding tert-OH is 1. The molecule has 1 unspecified atom stereocenters. The Bertz CT molecular complexity index is 426. The lowest BCUT2D eigenvalue weighted by molar-refractivity contribution is -0.141. The van der Waals surface area contributed by atoms with E-state index in [9.17, 15) is 19.2 Å². The van der Waals surface area contributed by atoms with Crippen LogP contribution in [0.3, 0.4) is 0 Å². The van der Waals surface area contributed by atoms with E-state index in [1.165, 1.54) is 0 Å². The van der Waals surface area contributed by atoms with Gasteiger partial charge < -0.3 is 36.8 Å². The number of aliphatic carboxylic acids is 3. The average Bonchev–Trinajstić information content (AvgIpc) is 2.38. The molecule has 11 nitrogen and oxygen atoms in total. The fraction of sp³-hybridized carbons (Fsp3) is 0.636. The highest BCUT2D eigenvalue weighted by Gasteiger charge is 2.25. The molecule has 0 spiro atoms. The van der Waals surface area contributed by atoms with E-state index in [-0.39, 0.29) is 19.3 Å². The van der Waals surface area contributed by atoms with Gasteiger partial charge in [0.25, 0.3) is 0 Å². The Kier molecular flexibility index (Phi) is 8.48. The predicted octanol–water partition coefficient (Wildman–Crippen LogP) is -1.89. The molecule has 0 aliphatic rings. The van der Waals surface area contributed by atoms with Gasteiger partial charge >= 0.3 is 23.9 Å². The summed E-state index contributed by atoms with van der Waals surface area (Å²) in [5.74, 6) is -4.05. The first-order valence-corrected chi connectivity index (χ1v) is 6.31. The molecule has 0 heterocycles. The summed E-state index contributed by atoms with van der Waals surface area (Å²) in [7, 11) is 0. The molecule has 0 rings (SSSR count). The second-order valence-electron chi connectivity index (χ2n) is 4.48. The summed E-state index contributed by atoms with van der Waals surface area (Å²) in [6.45, 7) is 0. The summed E-state index contributed by atoms with van der Waals surface area (Å²) in [5.41, 5.74) is 5.06. The van der Waals surface area contributed by atoms with Crippen LogP contribution in [0.2, 0.25) is 0 Å². The van der Waals surface area contributed by atoms with Gasteiger partial charge in [-0.3, -0.25) is 4.79 Å². The molecule has 0 saturated heterocycles. The number of carbonyl (C=O) groups excluding carboxylic acids is 1. The number of hydrogen-bond acceptors (Lipinski definition) is 6. The number of aliphatic hydroxyl groups is 1. The topological polar surface area (TPSA) is 199 Å². The Morgan fingerprint density at radius 3 is 1.68 bits per heavy atom. The van der Waals surface area contributed by atoms with Crippen LogP contribution in [-0.2, 0) is 14.4 Å². The summed E-state index contributed by atoms with van der Waals surface area (Å²) in [5, 5.41) is 39.1. The molecule has 126 valence electrons. The first-order valence-electron chi connectivity index (χ1n) is 6.31. The molecule has 3 atom stereocenters. The van der Waals surface area contributed by atoms with E-state index >= 15 is 0 Å². The molecule has 0 aliphatic heterocycles. The minimum Gasteiger partial charge on any atom is -0.481 e. The molecule has 0 radical (unpaired) electrons. The van der Waals surface area contributed by atoms with Crippen molar-refractivity contribution in [2.24, 2.45) is 5.73 Å². The van der Waals surface area contributed by atoms with Crippen LogP contribution in [0.4, 0.5) is 4.79 Å². The van der Waals surface area contributed by atoms with Crippen LogP contribution >= 0.6 is 0 Å². The van der Waals surface area contributed by atoms with Gasteiger partial charge in [0.15, 0.2) is 0 Å². The zero-order chi connectivity index (χ0) is 17.3.